The summed E-state index contributed by atoms with van der Waals surface area (Å²) in [7, 11) is 0. The smallest absolute Gasteiger partial charge is 0.168 e. The minimum absolute atomic E-state index is 0.197. The first-order valence-corrected chi connectivity index (χ1v) is 5.35. The molecule has 0 aliphatic carbocycles. The van der Waals surface area contributed by atoms with E-state index in [1.807, 2.05) is 0 Å². The monoisotopic (exact) mass is 229 g/mol. The molecule has 0 fully saturated rings. The molecule has 0 saturated heterocycles. The third-order valence-electron chi connectivity index (χ3n) is 2.91. The van der Waals surface area contributed by atoms with Crippen LogP contribution in [0.2, 0.25) is 0 Å². The molecule has 0 atom stereocenters. The Morgan fingerprint density at radius 3 is 2.76 bits per heavy atom. The van der Waals surface area contributed by atoms with Crippen molar-refractivity contribution in [1.29, 1.82) is 0 Å². The predicted octanol–water partition coefficient (Wildman–Crippen LogP) is 0.994. The normalized spacial score (nSPS) is 13.6. The number of phenols is 1. The number of hydrogen-bond donors (Lipinski definition) is 2. The van der Waals surface area contributed by atoms with Crippen LogP contribution in [0.3, 0.4) is 0 Å². The minimum atomic E-state index is 0.197. The lowest BCUT2D eigenvalue weighted by molar-refractivity contribution is 0.111. The lowest BCUT2D eigenvalue weighted by Crippen LogP contribution is -2.08. The molecule has 0 amide bonds. The van der Waals surface area contributed by atoms with Gasteiger partial charge >= 0.3 is 0 Å². The summed E-state index contributed by atoms with van der Waals surface area (Å²) in [5.41, 5.74) is 3.24. The summed E-state index contributed by atoms with van der Waals surface area (Å²) in [6, 6.07) is 6.62. The van der Waals surface area contributed by atoms with Crippen molar-refractivity contribution in [3.63, 3.8) is 0 Å². The Morgan fingerprint density at radius 2 is 2.06 bits per heavy atom. The number of nitrogens with one attached hydrogen (secondary N) is 1. The Hall–Kier alpha value is -2.14. The van der Waals surface area contributed by atoms with Crippen molar-refractivity contribution in [1.82, 2.24) is 15.1 Å². The van der Waals surface area contributed by atoms with E-state index in [0.717, 1.165) is 23.2 Å². The summed E-state index contributed by atoms with van der Waals surface area (Å²) >= 11 is 0. The molecule has 2 heterocycles. The fourth-order valence-electron chi connectivity index (χ4n) is 2.06. The number of aromatic nitrogens is 2. The van der Waals surface area contributed by atoms with Gasteiger partial charge in [0, 0.05) is 18.7 Å². The van der Waals surface area contributed by atoms with E-state index < -0.39 is 0 Å². The molecular weight excluding hydrogens is 218 g/mol. The maximum absolute atomic E-state index is 11.2. The van der Waals surface area contributed by atoms with Crippen LogP contribution >= 0.6 is 0 Å². The number of rotatable bonds is 2. The Labute approximate surface area is 97.7 Å². The lowest BCUT2D eigenvalue weighted by atomic mass is 10.2. The lowest BCUT2D eigenvalue weighted by Gasteiger charge is -2.05. The van der Waals surface area contributed by atoms with Gasteiger partial charge in [0.25, 0.3) is 0 Å². The van der Waals surface area contributed by atoms with Crippen molar-refractivity contribution in [2.24, 2.45) is 0 Å². The van der Waals surface area contributed by atoms with Gasteiger partial charge < -0.3 is 10.4 Å². The van der Waals surface area contributed by atoms with E-state index in [0.29, 0.717) is 18.8 Å². The van der Waals surface area contributed by atoms with Gasteiger partial charge in [-0.1, -0.05) is 0 Å². The number of aldehydes is 1. The summed E-state index contributed by atoms with van der Waals surface area (Å²) in [6.07, 6.45) is 0.825. The minimum Gasteiger partial charge on any atom is -0.508 e. The zero-order valence-electron chi connectivity index (χ0n) is 9.05. The predicted molar refractivity (Wildman–Crippen MR) is 61.2 cm³/mol. The Balaban J connectivity index is 2.15. The molecule has 0 saturated carbocycles. The Morgan fingerprint density at radius 1 is 1.29 bits per heavy atom. The topological polar surface area (TPSA) is 67.2 Å². The molecule has 1 aromatic carbocycles. The SMILES string of the molecule is O=Cc1c2c(nn1-c1ccc(O)cc1)CNC2. The van der Waals surface area contributed by atoms with E-state index in [1.165, 1.54) is 0 Å². The van der Waals surface area contributed by atoms with E-state index >= 15 is 0 Å². The third kappa shape index (κ3) is 1.52. The zero-order chi connectivity index (χ0) is 11.8. The first kappa shape index (κ1) is 10.0. The van der Waals surface area contributed by atoms with Crippen LogP contribution in [0.15, 0.2) is 24.3 Å². The molecule has 2 N–H and O–H groups in total. The molecule has 3 rings (SSSR count). The van der Waals surface area contributed by atoms with E-state index in [4.69, 9.17) is 0 Å². The standard InChI is InChI=1S/C12H11N3O2/c16-7-12-10-5-13-6-11(10)14-15(12)8-1-3-9(17)4-2-8/h1-4,7,13,17H,5-6H2. The summed E-state index contributed by atoms with van der Waals surface area (Å²) < 4.78 is 1.62. The van der Waals surface area contributed by atoms with Crippen molar-refractivity contribution < 1.29 is 9.90 Å². The molecular formula is C12H11N3O2. The number of carbonyl (C=O) groups excluding carboxylic acids is 1. The molecule has 0 unspecified atom stereocenters. The highest BCUT2D eigenvalue weighted by molar-refractivity contribution is 5.76. The highest BCUT2D eigenvalue weighted by Gasteiger charge is 2.21. The molecule has 1 aromatic heterocycles. The molecule has 86 valence electrons. The second-order valence-corrected chi connectivity index (χ2v) is 3.96. The van der Waals surface area contributed by atoms with E-state index in [-0.39, 0.29) is 5.75 Å². The van der Waals surface area contributed by atoms with Gasteiger partial charge in [-0.05, 0) is 24.3 Å². The Kier molecular flexibility index (Phi) is 2.19. The summed E-state index contributed by atoms with van der Waals surface area (Å²) in [6.45, 7) is 1.38. The van der Waals surface area contributed by atoms with Crippen molar-refractivity contribution in [2.75, 3.05) is 0 Å². The molecule has 5 nitrogen and oxygen atoms in total. The van der Waals surface area contributed by atoms with Gasteiger partial charge in [0.15, 0.2) is 6.29 Å². The van der Waals surface area contributed by atoms with Gasteiger partial charge in [-0.3, -0.25) is 4.79 Å². The number of aromatic hydroxyl groups is 1. The van der Waals surface area contributed by atoms with Crippen LogP contribution in [0.4, 0.5) is 0 Å². The van der Waals surface area contributed by atoms with Crippen LogP contribution in [-0.4, -0.2) is 21.2 Å². The molecule has 5 heteroatoms. The van der Waals surface area contributed by atoms with Gasteiger partial charge in [0.1, 0.15) is 11.4 Å². The highest BCUT2D eigenvalue weighted by Crippen LogP contribution is 2.22. The second-order valence-electron chi connectivity index (χ2n) is 3.96. The van der Waals surface area contributed by atoms with Gasteiger partial charge in [-0.2, -0.15) is 5.10 Å². The second kappa shape index (κ2) is 3.71. The van der Waals surface area contributed by atoms with Gasteiger partial charge in [-0.25, -0.2) is 4.68 Å². The molecule has 0 spiro atoms. The highest BCUT2D eigenvalue weighted by atomic mass is 16.3. The third-order valence-corrected chi connectivity index (χ3v) is 2.91. The molecule has 2 aromatic rings. The molecule has 0 bridgehead atoms. The molecule has 0 radical (unpaired) electrons. The van der Waals surface area contributed by atoms with Gasteiger partial charge in [-0.15, -0.1) is 0 Å². The maximum atomic E-state index is 11.2. The zero-order valence-corrected chi connectivity index (χ0v) is 9.05. The number of phenolic OH excluding ortho intramolecular Hbond substituents is 1. The largest absolute Gasteiger partial charge is 0.508 e. The summed E-state index contributed by atoms with van der Waals surface area (Å²) in [4.78, 5) is 11.2. The van der Waals surface area contributed by atoms with E-state index in [9.17, 15) is 9.90 Å². The molecule has 17 heavy (non-hydrogen) atoms. The summed E-state index contributed by atoms with van der Waals surface area (Å²) in [5, 5.41) is 16.8. The fraction of sp³-hybridized carbons (Fsp3) is 0.167. The van der Waals surface area contributed by atoms with Crippen molar-refractivity contribution in [2.45, 2.75) is 13.1 Å². The molecule has 1 aliphatic rings. The van der Waals surface area contributed by atoms with Crippen LogP contribution in [-0.2, 0) is 13.1 Å². The van der Waals surface area contributed by atoms with E-state index in [1.54, 1.807) is 28.9 Å². The van der Waals surface area contributed by atoms with Gasteiger partial charge in [0.05, 0.1) is 11.4 Å². The molecule has 1 aliphatic heterocycles. The van der Waals surface area contributed by atoms with Crippen molar-refractivity contribution in [3.05, 3.63) is 41.2 Å². The van der Waals surface area contributed by atoms with Crippen LogP contribution in [0, 0.1) is 0 Å². The number of carbonyl (C=O) groups is 1. The first-order valence-electron chi connectivity index (χ1n) is 5.35. The van der Waals surface area contributed by atoms with Crippen molar-refractivity contribution in [3.8, 4) is 11.4 Å². The Bertz CT molecular complexity index is 572. The van der Waals surface area contributed by atoms with Gasteiger partial charge in [0.2, 0.25) is 0 Å². The van der Waals surface area contributed by atoms with Crippen LogP contribution < -0.4 is 5.32 Å². The summed E-state index contributed by atoms with van der Waals surface area (Å²) in [5.74, 6) is 0.197. The first-order chi connectivity index (χ1) is 8.29. The van der Waals surface area contributed by atoms with Crippen LogP contribution in [0.1, 0.15) is 21.7 Å². The average molecular weight is 229 g/mol. The van der Waals surface area contributed by atoms with E-state index in [2.05, 4.69) is 10.4 Å². The number of benzene rings is 1. The maximum Gasteiger partial charge on any atom is 0.168 e. The quantitative estimate of drug-likeness (QED) is 0.754. The van der Waals surface area contributed by atoms with Crippen molar-refractivity contribution >= 4 is 6.29 Å². The fourth-order valence-corrected chi connectivity index (χ4v) is 2.06. The number of nitrogens with zero attached hydrogens (tertiary/aromatic N) is 2. The van der Waals surface area contributed by atoms with Crippen LogP contribution in [0.5, 0.6) is 5.75 Å². The average Bonchev–Trinajstić information content (AvgIpc) is 2.89. The number of fused-ring (bicyclic) bond motifs is 1. The van der Waals surface area contributed by atoms with Crippen LogP contribution in [0.25, 0.3) is 5.69 Å². The number of hydrogen-bond acceptors (Lipinski definition) is 4.